The fraction of sp³-hybridized carbons (Fsp3) is 0.360. The van der Waals surface area contributed by atoms with E-state index in [4.69, 9.17) is 9.90 Å². The summed E-state index contributed by atoms with van der Waals surface area (Å²) in [7, 11) is 3.83. The van der Waals surface area contributed by atoms with Crippen molar-refractivity contribution in [3.05, 3.63) is 59.7 Å². The van der Waals surface area contributed by atoms with Crippen molar-refractivity contribution in [3.8, 4) is 11.1 Å². The van der Waals surface area contributed by atoms with E-state index in [1.807, 2.05) is 61.9 Å². The van der Waals surface area contributed by atoms with Crippen LogP contribution < -0.4 is 10.2 Å². The number of carbonyl (C=O) groups is 2. The molecule has 1 saturated carbocycles. The molecule has 0 atom stereocenters. The lowest BCUT2D eigenvalue weighted by Crippen LogP contribution is -2.21. The van der Waals surface area contributed by atoms with Gasteiger partial charge < -0.3 is 19.9 Å². The Bertz CT molecular complexity index is 1230. The highest BCUT2D eigenvalue weighted by atomic mass is 19.4. The Hall–Kier alpha value is -3.89. The molecule has 0 bridgehead atoms. The van der Waals surface area contributed by atoms with Crippen LogP contribution in [0.1, 0.15) is 34.5 Å². The number of benzene rings is 1. The highest BCUT2D eigenvalue weighted by Gasteiger charge is 2.38. The molecular formula is C25H28F3N5O3. The number of anilines is 2. The Morgan fingerprint density at radius 2 is 1.69 bits per heavy atom. The predicted octanol–water partition coefficient (Wildman–Crippen LogP) is 4.92. The zero-order valence-electron chi connectivity index (χ0n) is 20.4. The Morgan fingerprint density at radius 1 is 1.08 bits per heavy atom. The van der Waals surface area contributed by atoms with E-state index in [1.54, 1.807) is 0 Å². The fourth-order valence-corrected chi connectivity index (χ4v) is 3.30. The average molecular weight is 504 g/mol. The number of hydrogen-bond acceptors (Lipinski definition) is 5. The standard InChI is InChI=1S/C23H27N5O.C2HF3O2/c1-15-5-8-20(9-16(15)2)26-22(29)21-10-18(14-28(21)13-17-6-7-17)19-11-24-23(25-12-19)27(3)4;3-2(4,5)1(6)7/h5,8-12,14,17H,6-7,13H2,1-4H3,(H,26,29);(H,6,7). The van der Waals surface area contributed by atoms with E-state index < -0.39 is 12.1 Å². The number of nitrogens with zero attached hydrogens (tertiary/aromatic N) is 4. The highest BCUT2D eigenvalue weighted by Crippen LogP contribution is 2.33. The van der Waals surface area contributed by atoms with Crippen LogP contribution in [0, 0.1) is 19.8 Å². The molecule has 11 heteroatoms. The van der Waals surface area contributed by atoms with E-state index in [2.05, 4.69) is 33.7 Å². The number of aromatic nitrogens is 3. The molecule has 0 spiro atoms. The lowest BCUT2D eigenvalue weighted by Gasteiger charge is -2.10. The fourth-order valence-electron chi connectivity index (χ4n) is 3.30. The molecule has 0 radical (unpaired) electrons. The molecule has 1 aliphatic rings. The molecule has 2 heterocycles. The van der Waals surface area contributed by atoms with E-state index in [-0.39, 0.29) is 5.91 Å². The molecule has 36 heavy (non-hydrogen) atoms. The van der Waals surface area contributed by atoms with E-state index in [0.29, 0.717) is 17.6 Å². The van der Waals surface area contributed by atoms with Gasteiger partial charge in [0, 0.05) is 56.0 Å². The van der Waals surface area contributed by atoms with Crippen molar-refractivity contribution >= 4 is 23.5 Å². The van der Waals surface area contributed by atoms with Crippen LogP contribution in [0.4, 0.5) is 24.8 Å². The van der Waals surface area contributed by atoms with E-state index in [0.717, 1.165) is 28.9 Å². The molecule has 0 saturated heterocycles. The molecule has 1 aliphatic carbocycles. The van der Waals surface area contributed by atoms with Gasteiger partial charge >= 0.3 is 12.1 Å². The molecule has 3 aromatic rings. The number of halogens is 3. The number of aliphatic carboxylic acids is 1. The average Bonchev–Trinajstić information content (AvgIpc) is 3.52. The number of aryl methyl sites for hydroxylation is 2. The summed E-state index contributed by atoms with van der Waals surface area (Å²) in [5.74, 6) is -1.52. The van der Waals surface area contributed by atoms with Crippen molar-refractivity contribution in [2.24, 2.45) is 5.92 Å². The van der Waals surface area contributed by atoms with Gasteiger partial charge in [-0.2, -0.15) is 13.2 Å². The molecule has 0 aliphatic heterocycles. The first kappa shape index (κ1) is 26.7. The molecule has 1 aromatic carbocycles. The zero-order chi connectivity index (χ0) is 26.6. The minimum absolute atomic E-state index is 0.0917. The van der Waals surface area contributed by atoms with Crippen LogP contribution in [0.3, 0.4) is 0 Å². The van der Waals surface area contributed by atoms with Crippen LogP contribution >= 0.6 is 0 Å². The zero-order valence-corrected chi connectivity index (χ0v) is 20.4. The molecule has 8 nitrogen and oxygen atoms in total. The summed E-state index contributed by atoms with van der Waals surface area (Å²) in [5, 5.41) is 10.2. The number of carboxylic acid groups (broad SMARTS) is 1. The van der Waals surface area contributed by atoms with E-state index in [9.17, 15) is 18.0 Å². The second kappa shape index (κ2) is 10.8. The van der Waals surface area contributed by atoms with Gasteiger partial charge in [0.05, 0.1) is 0 Å². The Balaban J connectivity index is 0.000000454. The third kappa shape index (κ3) is 7.06. The first-order valence-electron chi connectivity index (χ1n) is 11.2. The minimum Gasteiger partial charge on any atom is -0.475 e. The van der Waals surface area contributed by atoms with Crippen LogP contribution in [0.2, 0.25) is 0 Å². The van der Waals surface area contributed by atoms with Gasteiger partial charge in [0.15, 0.2) is 0 Å². The van der Waals surface area contributed by atoms with E-state index in [1.165, 1.54) is 18.4 Å². The van der Waals surface area contributed by atoms with Gasteiger partial charge in [-0.3, -0.25) is 4.79 Å². The summed E-state index contributed by atoms with van der Waals surface area (Å²) in [6.07, 6.45) is 3.04. The molecule has 2 aromatic heterocycles. The van der Waals surface area contributed by atoms with Crippen molar-refractivity contribution in [2.75, 3.05) is 24.3 Å². The van der Waals surface area contributed by atoms with Gasteiger partial charge in [0.1, 0.15) is 5.69 Å². The van der Waals surface area contributed by atoms with E-state index >= 15 is 0 Å². The van der Waals surface area contributed by atoms with Crippen LogP contribution in [0.5, 0.6) is 0 Å². The van der Waals surface area contributed by atoms with Crippen LogP contribution in [-0.4, -0.2) is 51.8 Å². The topological polar surface area (TPSA) is 100 Å². The van der Waals surface area contributed by atoms with Crippen molar-refractivity contribution in [1.82, 2.24) is 14.5 Å². The summed E-state index contributed by atoms with van der Waals surface area (Å²) in [6.45, 7) is 4.99. The first-order valence-corrected chi connectivity index (χ1v) is 11.2. The highest BCUT2D eigenvalue weighted by molar-refractivity contribution is 6.04. The van der Waals surface area contributed by atoms with Crippen molar-refractivity contribution in [2.45, 2.75) is 39.4 Å². The smallest absolute Gasteiger partial charge is 0.475 e. The summed E-state index contributed by atoms with van der Waals surface area (Å²) < 4.78 is 33.8. The normalized spacial score (nSPS) is 13.0. The van der Waals surface area contributed by atoms with Crippen molar-refractivity contribution in [1.29, 1.82) is 0 Å². The monoisotopic (exact) mass is 503 g/mol. The summed E-state index contributed by atoms with van der Waals surface area (Å²) in [6, 6.07) is 7.93. The van der Waals surface area contributed by atoms with Gasteiger partial charge in [-0.15, -0.1) is 0 Å². The van der Waals surface area contributed by atoms with Crippen LogP contribution in [-0.2, 0) is 11.3 Å². The number of nitrogens with one attached hydrogen (secondary N) is 1. The molecule has 2 N–H and O–H groups in total. The largest absolute Gasteiger partial charge is 0.490 e. The van der Waals surface area contributed by atoms with Crippen LogP contribution in [0.25, 0.3) is 11.1 Å². The first-order chi connectivity index (χ1) is 16.8. The Morgan fingerprint density at radius 3 is 2.19 bits per heavy atom. The summed E-state index contributed by atoms with van der Waals surface area (Å²) >= 11 is 0. The lowest BCUT2D eigenvalue weighted by atomic mass is 10.1. The lowest BCUT2D eigenvalue weighted by molar-refractivity contribution is -0.192. The van der Waals surface area contributed by atoms with Gasteiger partial charge in [0.25, 0.3) is 5.91 Å². The second-order valence-corrected chi connectivity index (χ2v) is 8.93. The van der Waals surface area contributed by atoms with Crippen LogP contribution in [0.15, 0.2) is 42.9 Å². The van der Waals surface area contributed by atoms with Gasteiger partial charge in [0.2, 0.25) is 5.95 Å². The number of rotatable bonds is 6. The SMILES string of the molecule is Cc1ccc(NC(=O)c2cc(-c3cnc(N(C)C)nc3)cn2CC2CC2)cc1C.O=C(O)C(F)(F)F. The molecule has 192 valence electrons. The maximum Gasteiger partial charge on any atom is 0.490 e. The third-order valence-corrected chi connectivity index (χ3v) is 5.66. The molecule has 1 fully saturated rings. The number of carbonyl (C=O) groups excluding carboxylic acids is 1. The maximum atomic E-state index is 13.1. The second-order valence-electron chi connectivity index (χ2n) is 8.93. The molecule has 0 unspecified atom stereocenters. The molecular weight excluding hydrogens is 475 g/mol. The Labute approximate surface area is 206 Å². The quantitative estimate of drug-likeness (QED) is 0.495. The number of hydrogen-bond donors (Lipinski definition) is 2. The number of alkyl halides is 3. The number of carboxylic acids is 1. The van der Waals surface area contributed by atoms with Crippen molar-refractivity contribution < 1.29 is 27.9 Å². The third-order valence-electron chi connectivity index (χ3n) is 5.66. The Kier molecular flexibility index (Phi) is 8.01. The van der Waals surface area contributed by atoms with Gasteiger partial charge in [-0.05, 0) is 61.9 Å². The van der Waals surface area contributed by atoms with Gasteiger partial charge in [-0.1, -0.05) is 6.07 Å². The molecule has 4 rings (SSSR count). The predicted molar refractivity (Wildman–Crippen MR) is 130 cm³/mol. The maximum absolute atomic E-state index is 13.1. The van der Waals surface area contributed by atoms with Gasteiger partial charge in [-0.25, -0.2) is 14.8 Å². The summed E-state index contributed by atoms with van der Waals surface area (Å²) in [4.78, 5) is 32.6. The molecule has 1 amide bonds. The number of amides is 1. The minimum atomic E-state index is -5.08. The van der Waals surface area contributed by atoms with Crippen molar-refractivity contribution in [3.63, 3.8) is 0 Å². The summed E-state index contributed by atoms with van der Waals surface area (Å²) in [5.41, 5.74) is 5.73.